The first-order valence-electron chi connectivity index (χ1n) is 3.96. The van der Waals surface area contributed by atoms with Gasteiger partial charge in [-0.05, 0) is 23.8 Å². The molecule has 0 saturated heterocycles. The molecule has 5 heteroatoms. The van der Waals surface area contributed by atoms with Crippen LogP contribution in [0.5, 0.6) is 0 Å². The molecular weight excluding hydrogens is 231 g/mol. The Hall–Kier alpha value is -0.380. The molecule has 1 aromatic carbocycles. The van der Waals surface area contributed by atoms with Gasteiger partial charge >= 0.3 is 0 Å². The van der Waals surface area contributed by atoms with Gasteiger partial charge in [0.25, 0.3) is 5.92 Å². The standard InChI is InChI=1S/C9H9Cl2F2N/c10-7-1-6(2-8(11)3-7)4-9(12,13)5-14/h1-3H,4-5,14H2. The van der Waals surface area contributed by atoms with E-state index in [1.165, 1.54) is 18.2 Å². The normalized spacial score (nSPS) is 11.8. The summed E-state index contributed by atoms with van der Waals surface area (Å²) in [6.45, 7) is -0.683. The van der Waals surface area contributed by atoms with E-state index < -0.39 is 18.9 Å². The second kappa shape index (κ2) is 4.43. The SMILES string of the molecule is NCC(F)(F)Cc1cc(Cl)cc(Cl)c1. The molecule has 1 aromatic rings. The lowest BCUT2D eigenvalue weighted by molar-refractivity contribution is 0.0115. The van der Waals surface area contributed by atoms with Crippen molar-refractivity contribution in [3.63, 3.8) is 0 Å². The average Bonchev–Trinajstić information content (AvgIpc) is 2.01. The highest BCUT2D eigenvalue weighted by Gasteiger charge is 2.27. The average molecular weight is 240 g/mol. The molecule has 0 aliphatic rings. The summed E-state index contributed by atoms with van der Waals surface area (Å²) in [5.74, 6) is -2.91. The van der Waals surface area contributed by atoms with Gasteiger partial charge in [-0.1, -0.05) is 23.2 Å². The number of rotatable bonds is 3. The Kier molecular flexibility index (Phi) is 3.70. The van der Waals surface area contributed by atoms with Gasteiger partial charge in [0, 0.05) is 16.5 Å². The van der Waals surface area contributed by atoms with Crippen molar-refractivity contribution >= 4 is 23.2 Å². The predicted octanol–water partition coefficient (Wildman–Crippen LogP) is 3.13. The van der Waals surface area contributed by atoms with Crippen molar-refractivity contribution in [1.29, 1.82) is 0 Å². The van der Waals surface area contributed by atoms with Crippen molar-refractivity contribution in [3.8, 4) is 0 Å². The first-order chi connectivity index (χ1) is 6.43. The van der Waals surface area contributed by atoms with E-state index in [0.29, 0.717) is 15.6 Å². The van der Waals surface area contributed by atoms with Crippen molar-refractivity contribution in [2.24, 2.45) is 5.73 Å². The summed E-state index contributed by atoms with van der Waals surface area (Å²) >= 11 is 11.3. The molecular formula is C9H9Cl2F2N. The van der Waals surface area contributed by atoms with E-state index in [0.717, 1.165) is 0 Å². The van der Waals surface area contributed by atoms with E-state index in [1.807, 2.05) is 0 Å². The summed E-state index contributed by atoms with van der Waals surface area (Å²) in [4.78, 5) is 0. The second-order valence-electron chi connectivity index (χ2n) is 3.01. The lowest BCUT2D eigenvalue weighted by Crippen LogP contribution is -2.30. The van der Waals surface area contributed by atoms with Crippen molar-refractivity contribution in [2.75, 3.05) is 6.54 Å². The van der Waals surface area contributed by atoms with E-state index in [1.54, 1.807) is 0 Å². The van der Waals surface area contributed by atoms with Crippen molar-refractivity contribution in [3.05, 3.63) is 33.8 Å². The maximum atomic E-state index is 12.9. The molecule has 2 N–H and O–H groups in total. The molecule has 78 valence electrons. The zero-order chi connectivity index (χ0) is 10.8. The van der Waals surface area contributed by atoms with E-state index in [2.05, 4.69) is 0 Å². The van der Waals surface area contributed by atoms with Gasteiger partial charge in [-0.25, -0.2) is 8.78 Å². The third kappa shape index (κ3) is 3.40. The quantitative estimate of drug-likeness (QED) is 0.862. The smallest absolute Gasteiger partial charge is 0.264 e. The molecule has 1 rings (SSSR count). The van der Waals surface area contributed by atoms with E-state index in [-0.39, 0.29) is 0 Å². The molecule has 0 fully saturated rings. The van der Waals surface area contributed by atoms with Crippen molar-refractivity contribution < 1.29 is 8.78 Å². The maximum absolute atomic E-state index is 12.9. The molecule has 0 aliphatic heterocycles. The summed E-state index contributed by atoms with van der Waals surface area (Å²) < 4.78 is 25.8. The number of hydrogen-bond donors (Lipinski definition) is 1. The predicted molar refractivity (Wildman–Crippen MR) is 54.2 cm³/mol. The molecule has 0 unspecified atom stereocenters. The monoisotopic (exact) mass is 239 g/mol. The van der Waals surface area contributed by atoms with Crippen LogP contribution in [0, 0.1) is 0 Å². The van der Waals surface area contributed by atoms with Gasteiger partial charge in [-0.2, -0.15) is 0 Å². The minimum absolute atomic E-state index is 0.348. The molecule has 0 bridgehead atoms. The van der Waals surface area contributed by atoms with Crippen LogP contribution in [0.4, 0.5) is 8.78 Å². The number of alkyl halides is 2. The van der Waals surface area contributed by atoms with Crippen molar-refractivity contribution in [1.82, 2.24) is 0 Å². The Morgan fingerprint density at radius 1 is 1.14 bits per heavy atom. The molecule has 0 radical (unpaired) electrons. The summed E-state index contributed by atoms with van der Waals surface area (Å²) in [5, 5.41) is 0.695. The number of hydrogen-bond acceptors (Lipinski definition) is 1. The van der Waals surface area contributed by atoms with Gasteiger partial charge in [0.05, 0.1) is 6.54 Å². The summed E-state index contributed by atoms with van der Waals surface area (Å²) in [5.41, 5.74) is 5.30. The zero-order valence-electron chi connectivity index (χ0n) is 7.24. The van der Waals surface area contributed by atoms with E-state index in [4.69, 9.17) is 28.9 Å². The summed E-state index contributed by atoms with van der Waals surface area (Å²) in [6.07, 6.45) is -0.441. The van der Waals surface area contributed by atoms with Crippen LogP contribution >= 0.6 is 23.2 Å². The number of benzene rings is 1. The van der Waals surface area contributed by atoms with Gasteiger partial charge in [-0.15, -0.1) is 0 Å². The van der Waals surface area contributed by atoms with Crippen LogP contribution in [0.1, 0.15) is 5.56 Å². The van der Waals surface area contributed by atoms with E-state index in [9.17, 15) is 8.78 Å². The van der Waals surface area contributed by atoms with Gasteiger partial charge in [0.2, 0.25) is 0 Å². The number of halogens is 4. The molecule has 0 aromatic heterocycles. The lowest BCUT2D eigenvalue weighted by atomic mass is 10.1. The molecule has 0 atom stereocenters. The van der Waals surface area contributed by atoms with Crippen LogP contribution in [0.2, 0.25) is 10.0 Å². The molecule has 1 nitrogen and oxygen atoms in total. The Labute approximate surface area is 90.8 Å². The first kappa shape index (κ1) is 11.7. The minimum Gasteiger partial charge on any atom is -0.325 e. The second-order valence-corrected chi connectivity index (χ2v) is 3.89. The maximum Gasteiger partial charge on any atom is 0.264 e. The van der Waals surface area contributed by atoms with Crippen LogP contribution in [0.3, 0.4) is 0 Å². The van der Waals surface area contributed by atoms with Crippen molar-refractivity contribution in [2.45, 2.75) is 12.3 Å². The van der Waals surface area contributed by atoms with Gasteiger partial charge in [-0.3, -0.25) is 0 Å². The Bertz CT molecular complexity index is 308. The summed E-state index contributed by atoms with van der Waals surface area (Å²) in [7, 11) is 0. The Balaban J connectivity index is 2.87. The first-order valence-corrected chi connectivity index (χ1v) is 4.71. The van der Waals surface area contributed by atoms with Gasteiger partial charge in [0.1, 0.15) is 0 Å². The molecule has 0 amide bonds. The summed E-state index contributed by atoms with van der Waals surface area (Å²) in [6, 6.07) is 4.40. The van der Waals surface area contributed by atoms with Gasteiger partial charge in [0.15, 0.2) is 0 Å². The van der Waals surface area contributed by atoms with Crippen LogP contribution in [0.15, 0.2) is 18.2 Å². The minimum atomic E-state index is -2.91. The van der Waals surface area contributed by atoms with Crippen LogP contribution in [0.25, 0.3) is 0 Å². The molecule has 0 aliphatic carbocycles. The van der Waals surface area contributed by atoms with Crippen LogP contribution in [-0.2, 0) is 6.42 Å². The largest absolute Gasteiger partial charge is 0.325 e. The van der Waals surface area contributed by atoms with Gasteiger partial charge < -0.3 is 5.73 Å². The highest BCUT2D eigenvalue weighted by atomic mass is 35.5. The third-order valence-corrected chi connectivity index (χ3v) is 2.12. The highest BCUT2D eigenvalue weighted by molar-refractivity contribution is 6.34. The van der Waals surface area contributed by atoms with E-state index >= 15 is 0 Å². The fraction of sp³-hybridized carbons (Fsp3) is 0.333. The highest BCUT2D eigenvalue weighted by Crippen LogP contribution is 2.24. The number of nitrogens with two attached hydrogens (primary N) is 1. The molecule has 14 heavy (non-hydrogen) atoms. The molecule has 0 spiro atoms. The zero-order valence-corrected chi connectivity index (χ0v) is 8.75. The third-order valence-electron chi connectivity index (χ3n) is 1.68. The topological polar surface area (TPSA) is 26.0 Å². The Morgan fingerprint density at radius 2 is 1.64 bits per heavy atom. The lowest BCUT2D eigenvalue weighted by Gasteiger charge is -2.13. The fourth-order valence-electron chi connectivity index (χ4n) is 1.08. The fourth-order valence-corrected chi connectivity index (χ4v) is 1.66. The van der Waals surface area contributed by atoms with Crippen LogP contribution in [-0.4, -0.2) is 12.5 Å². The molecule has 0 heterocycles. The Morgan fingerprint density at radius 3 is 2.07 bits per heavy atom. The van der Waals surface area contributed by atoms with Crippen LogP contribution < -0.4 is 5.73 Å². The molecule has 0 saturated carbocycles.